The first-order valence-corrected chi connectivity index (χ1v) is 7.80. The van der Waals surface area contributed by atoms with Crippen LogP contribution in [0, 0.1) is 0 Å². The van der Waals surface area contributed by atoms with Gasteiger partial charge in [-0.05, 0) is 35.7 Å². The Hall–Kier alpha value is -2.40. The summed E-state index contributed by atoms with van der Waals surface area (Å²) >= 11 is 0. The fraction of sp³-hybridized carbons (Fsp3) is 0.333. The molecule has 120 valence electrons. The average molecular weight is 311 g/mol. The standard InChI is InChI=1S/C18H21N3O2/c1-14(2)18-10-17(23-20-18)13-21(12-16-4-3-9-22-16)11-15-5-7-19-8-6-15/h3-10,14H,11-13H2,1-2H3. The highest BCUT2D eigenvalue weighted by atomic mass is 16.5. The van der Waals surface area contributed by atoms with Crippen molar-refractivity contribution in [2.45, 2.75) is 39.4 Å². The minimum atomic E-state index is 0.367. The predicted molar refractivity (Wildman–Crippen MR) is 86.5 cm³/mol. The minimum Gasteiger partial charge on any atom is -0.468 e. The van der Waals surface area contributed by atoms with Crippen molar-refractivity contribution in [2.24, 2.45) is 0 Å². The Morgan fingerprint density at radius 2 is 1.83 bits per heavy atom. The molecule has 0 unspecified atom stereocenters. The molecule has 3 aromatic heterocycles. The molecule has 3 aromatic rings. The summed E-state index contributed by atoms with van der Waals surface area (Å²) in [6.45, 7) is 6.41. The number of hydrogen-bond acceptors (Lipinski definition) is 5. The van der Waals surface area contributed by atoms with Crippen LogP contribution in [0.4, 0.5) is 0 Å². The smallest absolute Gasteiger partial charge is 0.151 e. The van der Waals surface area contributed by atoms with Crippen LogP contribution in [0.15, 0.2) is 57.9 Å². The van der Waals surface area contributed by atoms with Gasteiger partial charge in [0.1, 0.15) is 5.76 Å². The van der Waals surface area contributed by atoms with Crippen LogP contribution in [0.5, 0.6) is 0 Å². The molecule has 5 nitrogen and oxygen atoms in total. The fourth-order valence-electron chi connectivity index (χ4n) is 2.43. The van der Waals surface area contributed by atoms with E-state index in [1.807, 2.05) is 42.7 Å². The number of nitrogens with zero attached hydrogens (tertiary/aromatic N) is 3. The second kappa shape index (κ2) is 7.24. The zero-order valence-corrected chi connectivity index (χ0v) is 13.5. The number of furan rings is 1. The maximum absolute atomic E-state index is 5.48. The van der Waals surface area contributed by atoms with Gasteiger partial charge in [-0.2, -0.15) is 0 Å². The van der Waals surface area contributed by atoms with E-state index in [-0.39, 0.29) is 0 Å². The molecule has 0 amide bonds. The third-order valence-corrected chi connectivity index (χ3v) is 3.66. The van der Waals surface area contributed by atoms with Crippen molar-refractivity contribution < 1.29 is 8.94 Å². The number of aromatic nitrogens is 2. The first-order chi connectivity index (χ1) is 11.2. The Bertz CT molecular complexity index is 705. The van der Waals surface area contributed by atoms with Gasteiger partial charge >= 0.3 is 0 Å². The van der Waals surface area contributed by atoms with Gasteiger partial charge in [0.15, 0.2) is 5.76 Å². The molecule has 3 heterocycles. The monoisotopic (exact) mass is 311 g/mol. The van der Waals surface area contributed by atoms with Gasteiger partial charge in [-0.15, -0.1) is 0 Å². The van der Waals surface area contributed by atoms with E-state index in [0.717, 1.165) is 23.8 Å². The van der Waals surface area contributed by atoms with Crippen molar-refractivity contribution >= 4 is 0 Å². The third kappa shape index (κ3) is 4.29. The highest BCUT2D eigenvalue weighted by Crippen LogP contribution is 2.18. The summed E-state index contributed by atoms with van der Waals surface area (Å²) in [4.78, 5) is 6.33. The van der Waals surface area contributed by atoms with E-state index in [2.05, 4.69) is 28.9 Å². The minimum absolute atomic E-state index is 0.367. The molecule has 0 N–H and O–H groups in total. The van der Waals surface area contributed by atoms with Crippen LogP contribution in [0.1, 0.15) is 42.5 Å². The lowest BCUT2D eigenvalue weighted by Gasteiger charge is -2.19. The molecule has 0 fully saturated rings. The van der Waals surface area contributed by atoms with Crippen LogP contribution < -0.4 is 0 Å². The maximum atomic E-state index is 5.48. The summed E-state index contributed by atoms with van der Waals surface area (Å²) in [6, 6.07) is 9.97. The van der Waals surface area contributed by atoms with Crippen LogP contribution in [0.25, 0.3) is 0 Å². The molecule has 0 aliphatic rings. The summed E-state index contributed by atoms with van der Waals surface area (Å²) < 4.78 is 11.0. The molecule has 0 aliphatic heterocycles. The molecule has 0 aromatic carbocycles. The Labute approximate surface area is 135 Å². The lowest BCUT2D eigenvalue weighted by atomic mass is 10.1. The highest BCUT2D eigenvalue weighted by molar-refractivity contribution is 5.12. The molecular weight excluding hydrogens is 290 g/mol. The molecular formula is C18H21N3O2. The predicted octanol–water partition coefficient (Wildman–Crippen LogP) is 3.99. The van der Waals surface area contributed by atoms with E-state index in [0.29, 0.717) is 19.0 Å². The van der Waals surface area contributed by atoms with E-state index in [4.69, 9.17) is 8.94 Å². The Morgan fingerprint density at radius 1 is 1.04 bits per heavy atom. The third-order valence-electron chi connectivity index (χ3n) is 3.66. The molecule has 5 heteroatoms. The van der Waals surface area contributed by atoms with Gasteiger partial charge < -0.3 is 8.94 Å². The van der Waals surface area contributed by atoms with Crippen LogP contribution >= 0.6 is 0 Å². The van der Waals surface area contributed by atoms with Gasteiger partial charge in [-0.1, -0.05) is 19.0 Å². The van der Waals surface area contributed by atoms with E-state index >= 15 is 0 Å². The SMILES string of the molecule is CC(C)c1cc(CN(Cc2ccncc2)Cc2ccco2)on1. The lowest BCUT2D eigenvalue weighted by Crippen LogP contribution is -2.22. The second-order valence-electron chi connectivity index (χ2n) is 5.95. The van der Waals surface area contributed by atoms with Crippen LogP contribution in [-0.2, 0) is 19.6 Å². The Balaban J connectivity index is 1.73. The topological polar surface area (TPSA) is 55.3 Å². The van der Waals surface area contributed by atoms with Crippen LogP contribution in [0.3, 0.4) is 0 Å². The fourth-order valence-corrected chi connectivity index (χ4v) is 2.43. The number of pyridine rings is 1. The molecule has 0 bridgehead atoms. The molecule has 23 heavy (non-hydrogen) atoms. The molecule has 0 aliphatic carbocycles. The van der Waals surface area contributed by atoms with E-state index in [1.54, 1.807) is 6.26 Å². The summed E-state index contributed by atoms with van der Waals surface area (Å²) in [5.41, 5.74) is 2.19. The quantitative estimate of drug-likeness (QED) is 0.660. The Morgan fingerprint density at radius 3 is 2.48 bits per heavy atom. The first kappa shape index (κ1) is 15.5. The molecule has 0 radical (unpaired) electrons. The van der Waals surface area contributed by atoms with Gasteiger partial charge in [0.2, 0.25) is 0 Å². The second-order valence-corrected chi connectivity index (χ2v) is 5.95. The van der Waals surface area contributed by atoms with Crippen molar-refractivity contribution in [1.82, 2.24) is 15.0 Å². The maximum Gasteiger partial charge on any atom is 0.151 e. The van der Waals surface area contributed by atoms with Crippen molar-refractivity contribution in [3.8, 4) is 0 Å². The zero-order chi connectivity index (χ0) is 16.1. The molecule has 3 rings (SSSR count). The zero-order valence-electron chi connectivity index (χ0n) is 13.5. The van der Waals surface area contributed by atoms with E-state index < -0.39 is 0 Å². The summed E-state index contributed by atoms with van der Waals surface area (Å²) in [5.74, 6) is 2.17. The first-order valence-electron chi connectivity index (χ1n) is 7.80. The van der Waals surface area contributed by atoms with Gasteiger partial charge in [0, 0.05) is 25.0 Å². The van der Waals surface area contributed by atoms with Crippen molar-refractivity contribution in [3.05, 3.63) is 71.8 Å². The Kier molecular flexibility index (Phi) is 4.88. The van der Waals surface area contributed by atoms with Crippen LogP contribution in [0.2, 0.25) is 0 Å². The van der Waals surface area contributed by atoms with E-state index in [9.17, 15) is 0 Å². The normalized spacial score (nSPS) is 11.5. The summed E-state index contributed by atoms with van der Waals surface area (Å²) in [6.07, 6.45) is 5.32. The number of hydrogen-bond donors (Lipinski definition) is 0. The number of rotatable bonds is 7. The molecule has 0 saturated heterocycles. The van der Waals surface area contributed by atoms with Gasteiger partial charge in [0.05, 0.1) is 25.0 Å². The van der Waals surface area contributed by atoms with Crippen LogP contribution in [-0.4, -0.2) is 15.0 Å². The largest absolute Gasteiger partial charge is 0.468 e. The van der Waals surface area contributed by atoms with Gasteiger partial charge in [-0.25, -0.2) is 0 Å². The molecule has 0 spiro atoms. The summed E-state index contributed by atoms with van der Waals surface area (Å²) in [5, 5.41) is 4.14. The molecule has 0 saturated carbocycles. The van der Waals surface area contributed by atoms with E-state index in [1.165, 1.54) is 5.56 Å². The molecule has 0 atom stereocenters. The van der Waals surface area contributed by atoms with Gasteiger partial charge in [-0.3, -0.25) is 9.88 Å². The van der Waals surface area contributed by atoms with Crippen molar-refractivity contribution in [3.63, 3.8) is 0 Å². The lowest BCUT2D eigenvalue weighted by molar-refractivity contribution is 0.200. The van der Waals surface area contributed by atoms with Crippen molar-refractivity contribution in [1.29, 1.82) is 0 Å². The van der Waals surface area contributed by atoms with Crippen molar-refractivity contribution in [2.75, 3.05) is 0 Å². The van der Waals surface area contributed by atoms with Gasteiger partial charge in [0.25, 0.3) is 0 Å². The highest BCUT2D eigenvalue weighted by Gasteiger charge is 2.14. The summed E-state index contributed by atoms with van der Waals surface area (Å²) in [7, 11) is 0. The average Bonchev–Trinajstić information content (AvgIpc) is 3.20.